The first kappa shape index (κ1) is 9.12. The highest BCUT2D eigenvalue weighted by atomic mass is 19.2. The van der Waals surface area contributed by atoms with E-state index in [4.69, 9.17) is 0 Å². The topological polar surface area (TPSA) is 29.1 Å². The number of rotatable bonds is 1. The Balaban J connectivity index is 2.32. The minimum atomic E-state index is -0.872. The average Bonchev–Trinajstić information content (AvgIpc) is 2.57. The maximum absolute atomic E-state index is 13.3. The minimum absolute atomic E-state index is 0.112. The first-order valence-corrected chi connectivity index (χ1v) is 4.42. The zero-order valence-electron chi connectivity index (χ0n) is 7.39. The molecule has 1 aromatic carbocycles. The summed E-state index contributed by atoms with van der Waals surface area (Å²) in [5.41, 5.74) is 0.232. The lowest BCUT2D eigenvalue weighted by atomic mass is 10.0. The van der Waals surface area contributed by atoms with E-state index in [2.05, 4.69) is 5.32 Å². The summed E-state index contributed by atoms with van der Waals surface area (Å²) >= 11 is 0. The summed E-state index contributed by atoms with van der Waals surface area (Å²) in [4.78, 5) is 10.9. The number of carbonyl (C=O) groups excluding carboxylic acids is 1. The number of nitrogens with one attached hydrogen (secondary N) is 1. The van der Waals surface area contributed by atoms with Crippen LogP contribution in [0.2, 0.25) is 0 Å². The van der Waals surface area contributed by atoms with Gasteiger partial charge in [0.05, 0.1) is 6.04 Å². The van der Waals surface area contributed by atoms with E-state index >= 15 is 0 Å². The van der Waals surface area contributed by atoms with Crippen LogP contribution in [-0.2, 0) is 4.79 Å². The Hall–Kier alpha value is -1.45. The number of amides is 1. The van der Waals surface area contributed by atoms with Gasteiger partial charge in [-0.2, -0.15) is 0 Å². The minimum Gasteiger partial charge on any atom is -0.349 e. The molecule has 1 unspecified atom stereocenters. The van der Waals surface area contributed by atoms with Crippen LogP contribution in [0.5, 0.6) is 0 Å². The lowest BCUT2D eigenvalue weighted by Gasteiger charge is -2.11. The lowest BCUT2D eigenvalue weighted by molar-refractivity contribution is -0.119. The molecule has 0 radical (unpaired) electrons. The summed E-state index contributed by atoms with van der Waals surface area (Å²) in [7, 11) is 0. The van der Waals surface area contributed by atoms with Crippen molar-refractivity contribution in [2.75, 3.05) is 0 Å². The summed E-state index contributed by atoms with van der Waals surface area (Å²) in [6, 6.07) is 3.63. The smallest absolute Gasteiger partial charge is 0.220 e. The third kappa shape index (κ3) is 1.47. The zero-order chi connectivity index (χ0) is 10.1. The summed E-state index contributed by atoms with van der Waals surface area (Å²) < 4.78 is 26.1. The molecule has 0 aliphatic carbocycles. The third-order valence-corrected chi connectivity index (χ3v) is 2.35. The van der Waals surface area contributed by atoms with Gasteiger partial charge in [-0.15, -0.1) is 0 Å². The summed E-state index contributed by atoms with van der Waals surface area (Å²) in [5.74, 6) is -1.85. The number of carbonyl (C=O) groups is 1. The van der Waals surface area contributed by atoms with Crippen LogP contribution in [0, 0.1) is 11.6 Å². The fourth-order valence-corrected chi connectivity index (χ4v) is 1.64. The van der Waals surface area contributed by atoms with Crippen molar-refractivity contribution in [3.8, 4) is 0 Å². The van der Waals surface area contributed by atoms with Gasteiger partial charge >= 0.3 is 0 Å². The molecule has 1 heterocycles. The Labute approximate surface area is 79.9 Å². The molecule has 1 saturated heterocycles. The Morgan fingerprint density at radius 2 is 2.14 bits per heavy atom. The van der Waals surface area contributed by atoms with Gasteiger partial charge in [-0.3, -0.25) is 4.79 Å². The van der Waals surface area contributed by atoms with Crippen LogP contribution in [0.25, 0.3) is 0 Å². The molecule has 0 spiro atoms. The van der Waals surface area contributed by atoms with Gasteiger partial charge in [0.1, 0.15) is 0 Å². The monoisotopic (exact) mass is 197 g/mol. The summed E-state index contributed by atoms with van der Waals surface area (Å²) in [5, 5.41) is 2.59. The number of hydrogen-bond acceptors (Lipinski definition) is 1. The van der Waals surface area contributed by atoms with Crippen molar-refractivity contribution >= 4 is 5.91 Å². The standard InChI is InChI=1S/C10H9F2NO/c11-7-3-1-2-6(10(7)12)8-4-5-9(14)13-8/h1-3,8H,4-5H2,(H,13,14). The molecule has 1 atom stereocenters. The maximum atomic E-state index is 13.3. The molecular weight excluding hydrogens is 188 g/mol. The first-order chi connectivity index (χ1) is 6.68. The molecule has 0 saturated carbocycles. The van der Waals surface area contributed by atoms with Crippen molar-refractivity contribution in [1.29, 1.82) is 0 Å². The van der Waals surface area contributed by atoms with Crippen molar-refractivity contribution < 1.29 is 13.6 Å². The van der Waals surface area contributed by atoms with Gasteiger partial charge in [0.25, 0.3) is 0 Å². The lowest BCUT2D eigenvalue weighted by Crippen LogP contribution is -2.19. The second-order valence-electron chi connectivity index (χ2n) is 3.30. The molecule has 2 rings (SSSR count). The second-order valence-corrected chi connectivity index (χ2v) is 3.30. The normalized spacial score (nSPS) is 21.0. The number of hydrogen-bond donors (Lipinski definition) is 1. The molecule has 0 aromatic heterocycles. The van der Waals surface area contributed by atoms with Crippen LogP contribution in [0.4, 0.5) is 8.78 Å². The Bertz CT molecular complexity index is 378. The van der Waals surface area contributed by atoms with Crippen LogP contribution in [0.1, 0.15) is 24.4 Å². The van der Waals surface area contributed by atoms with E-state index in [1.54, 1.807) is 0 Å². The van der Waals surface area contributed by atoms with Crippen molar-refractivity contribution in [1.82, 2.24) is 5.32 Å². The largest absolute Gasteiger partial charge is 0.349 e. The fourth-order valence-electron chi connectivity index (χ4n) is 1.64. The predicted octanol–water partition coefficient (Wildman–Crippen LogP) is 1.92. The van der Waals surface area contributed by atoms with Crippen molar-refractivity contribution in [2.24, 2.45) is 0 Å². The van der Waals surface area contributed by atoms with Crippen LogP contribution in [-0.4, -0.2) is 5.91 Å². The van der Waals surface area contributed by atoms with Gasteiger partial charge in [0.15, 0.2) is 11.6 Å². The second kappa shape index (κ2) is 3.36. The zero-order valence-corrected chi connectivity index (χ0v) is 7.39. The Kier molecular flexibility index (Phi) is 2.19. The van der Waals surface area contributed by atoms with Crippen molar-refractivity contribution in [2.45, 2.75) is 18.9 Å². The van der Waals surface area contributed by atoms with E-state index < -0.39 is 11.6 Å². The van der Waals surface area contributed by atoms with Crippen LogP contribution in [0.15, 0.2) is 18.2 Å². The van der Waals surface area contributed by atoms with Gasteiger partial charge in [-0.25, -0.2) is 8.78 Å². The molecular formula is C10H9F2NO. The molecule has 1 fully saturated rings. The van der Waals surface area contributed by atoms with Gasteiger partial charge in [0, 0.05) is 12.0 Å². The fraction of sp³-hybridized carbons (Fsp3) is 0.300. The molecule has 14 heavy (non-hydrogen) atoms. The molecule has 4 heteroatoms. The van der Waals surface area contributed by atoms with E-state index in [0.29, 0.717) is 12.8 Å². The molecule has 1 aromatic rings. The van der Waals surface area contributed by atoms with Gasteiger partial charge < -0.3 is 5.32 Å². The Morgan fingerprint density at radius 3 is 2.79 bits per heavy atom. The number of halogens is 2. The number of benzene rings is 1. The maximum Gasteiger partial charge on any atom is 0.220 e. The highest BCUT2D eigenvalue weighted by Crippen LogP contribution is 2.26. The molecule has 1 amide bonds. The van der Waals surface area contributed by atoms with E-state index in [0.717, 1.165) is 6.07 Å². The highest BCUT2D eigenvalue weighted by molar-refractivity contribution is 5.78. The molecule has 1 aliphatic heterocycles. The SMILES string of the molecule is O=C1CCC(c2cccc(F)c2F)N1. The average molecular weight is 197 g/mol. The quantitative estimate of drug-likeness (QED) is 0.732. The van der Waals surface area contributed by atoms with Gasteiger partial charge in [0.2, 0.25) is 5.91 Å². The van der Waals surface area contributed by atoms with E-state index in [1.807, 2.05) is 0 Å². The van der Waals surface area contributed by atoms with E-state index in [1.165, 1.54) is 12.1 Å². The molecule has 1 aliphatic rings. The van der Waals surface area contributed by atoms with Crippen LogP contribution in [0.3, 0.4) is 0 Å². The molecule has 0 bridgehead atoms. The molecule has 1 N–H and O–H groups in total. The third-order valence-electron chi connectivity index (χ3n) is 2.35. The van der Waals surface area contributed by atoms with Crippen molar-refractivity contribution in [3.05, 3.63) is 35.4 Å². The van der Waals surface area contributed by atoms with E-state index in [9.17, 15) is 13.6 Å². The Morgan fingerprint density at radius 1 is 1.36 bits per heavy atom. The predicted molar refractivity (Wildman–Crippen MR) is 46.5 cm³/mol. The van der Waals surface area contributed by atoms with Crippen molar-refractivity contribution in [3.63, 3.8) is 0 Å². The van der Waals surface area contributed by atoms with Crippen LogP contribution >= 0.6 is 0 Å². The summed E-state index contributed by atoms with van der Waals surface area (Å²) in [6.45, 7) is 0. The van der Waals surface area contributed by atoms with Crippen LogP contribution < -0.4 is 5.32 Å². The van der Waals surface area contributed by atoms with Gasteiger partial charge in [-0.1, -0.05) is 12.1 Å². The van der Waals surface area contributed by atoms with Gasteiger partial charge in [-0.05, 0) is 12.5 Å². The molecule has 74 valence electrons. The highest BCUT2D eigenvalue weighted by Gasteiger charge is 2.25. The first-order valence-electron chi connectivity index (χ1n) is 4.42. The summed E-state index contributed by atoms with van der Waals surface area (Å²) in [6.07, 6.45) is 0.903. The molecule has 2 nitrogen and oxygen atoms in total. The van der Waals surface area contributed by atoms with E-state index in [-0.39, 0.29) is 17.5 Å².